The Labute approximate surface area is 106 Å². The standard InChI is InChI=1S/C13H17NO4/c1-8(2)9-5-6-11(18-4)10(7-9)14(3)12(15)13(16)17/h5-8H,1-4H3,(H,16,17). The number of hydrogen-bond acceptors (Lipinski definition) is 3. The van der Waals surface area contributed by atoms with Gasteiger partial charge in [0.1, 0.15) is 5.75 Å². The monoisotopic (exact) mass is 251 g/mol. The number of carboxylic acid groups (broad SMARTS) is 1. The molecule has 1 aromatic carbocycles. The first-order valence-electron chi connectivity index (χ1n) is 5.57. The minimum absolute atomic E-state index is 0.281. The third kappa shape index (κ3) is 2.80. The number of methoxy groups -OCH3 is 1. The van der Waals surface area contributed by atoms with Crippen molar-refractivity contribution in [3.8, 4) is 5.75 Å². The van der Waals surface area contributed by atoms with Gasteiger partial charge in [-0.1, -0.05) is 19.9 Å². The Hall–Kier alpha value is -2.04. The summed E-state index contributed by atoms with van der Waals surface area (Å²) in [6.07, 6.45) is 0. The number of anilines is 1. The van der Waals surface area contributed by atoms with Crippen molar-refractivity contribution in [3.63, 3.8) is 0 Å². The first-order chi connectivity index (χ1) is 8.38. The van der Waals surface area contributed by atoms with Gasteiger partial charge in [0, 0.05) is 7.05 Å². The van der Waals surface area contributed by atoms with Crippen LogP contribution in [0, 0.1) is 0 Å². The van der Waals surface area contributed by atoms with Gasteiger partial charge in [-0.15, -0.1) is 0 Å². The number of ether oxygens (including phenoxy) is 1. The molecular weight excluding hydrogens is 234 g/mol. The molecule has 1 N–H and O–H groups in total. The molecule has 0 unspecified atom stereocenters. The summed E-state index contributed by atoms with van der Waals surface area (Å²) in [5.41, 5.74) is 1.46. The third-order valence-electron chi connectivity index (χ3n) is 2.72. The fraction of sp³-hybridized carbons (Fsp3) is 0.385. The zero-order chi connectivity index (χ0) is 13.9. The van der Waals surface area contributed by atoms with E-state index in [1.54, 1.807) is 12.1 Å². The molecule has 0 atom stereocenters. The molecular formula is C13H17NO4. The summed E-state index contributed by atoms with van der Waals surface area (Å²) in [6.45, 7) is 4.04. The molecule has 1 amide bonds. The van der Waals surface area contributed by atoms with Gasteiger partial charge in [0.2, 0.25) is 0 Å². The van der Waals surface area contributed by atoms with E-state index in [4.69, 9.17) is 9.84 Å². The highest BCUT2D eigenvalue weighted by Gasteiger charge is 2.22. The molecule has 0 saturated carbocycles. The van der Waals surface area contributed by atoms with Gasteiger partial charge in [-0.3, -0.25) is 4.79 Å². The van der Waals surface area contributed by atoms with Gasteiger partial charge in [0.15, 0.2) is 0 Å². The molecule has 98 valence electrons. The Morgan fingerprint density at radius 1 is 1.33 bits per heavy atom. The van der Waals surface area contributed by atoms with Crippen molar-refractivity contribution in [2.75, 3.05) is 19.1 Å². The lowest BCUT2D eigenvalue weighted by Gasteiger charge is -2.19. The predicted octanol–water partition coefficient (Wildman–Crippen LogP) is 1.87. The van der Waals surface area contributed by atoms with Crippen molar-refractivity contribution in [1.82, 2.24) is 0 Å². The van der Waals surface area contributed by atoms with Crippen LogP contribution in [-0.4, -0.2) is 31.1 Å². The van der Waals surface area contributed by atoms with E-state index < -0.39 is 11.9 Å². The molecule has 1 aromatic rings. The minimum atomic E-state index is -1.49. The van der Waals surface area contributed by atoms with Crippen molar-refractivity contribution < 1.29 is 19.4 Å². The highest BCUT2D eigenvalue weighted by atomic mass is 16.5. The normalized spacial score (nSPS) is 10.3. The quantitative estimate of drug-likeness (QED) is 0.833. The molecule has 0 aromatic heterocycles. The highest BCUT2D eigenvalue weighted by molar-refractivity contribution is 6.37. The molecule has 0 aliphatic carbocycles. The van der Waals surface area contributed by atoms with E-state index in [-0.39, 0.29) is 5.92 Å². The lowest BCUT2D eigenvalue weighted by molar-refractivity contribution is -0.148. The second-order valence-electron chi connectivity index (χ2n) is 4.26. The third-order valence-corrected chi connectivity index (χ3v) is 2.72. The summed E-state index contributed by atoms with van der Waals surface area (Å²) in [6, 6.07) is 5.40. The first kappa shape index (κ1) is 14.0. The Kier molecular flexibility index (Phi) is 4.31. The van der Waals surface area contributed by atoms with Gasteiger partial charge in [-0.05, 0) is 23.6 Å². The van der Waals surface area contributed by atoms with Crippen molar-refractivity contribution in [2.45, 2.75) is 19.8 Å². The molecule has 0 aliphatic rings. The Bertz CT molecular complexity index is 468. The van der Waals surface area contributed by atoms with Crippen molar-refractivity contribution in [1.29, 1.82) is 0 Å². The van der Waals surface area contributed by atoms with Gasteiger partial charge in [-0.25, -0.2) is 4.79 Å². The fourth-order valence-corrected chi connectivity index (χ4v) is 1.58. The molecule has 0 saturated heterocycles. The lowest BCUT2D eigenvalue weighted by atomic mass is 10.0. The summed E-state index contributed by atoms with van der Waals surface area (Å²) in [5.74, 6) is -1.73. The largest absolute Gasteiger partial charge is 0.495 e. The highest BCUT2D eigenvalue weighted by Crippen LogP contribution is 2.31. The van der Waals surface area contributed by atoms with Crippen LogP contribution in [0.3, 0.4) is 0 Å². The molecule has 0 radical (unpaired) electrons. The van der Waals surface area contributed by atoms with Crippen LogP contribution in [0.25, 0.3) is 0 Å². The maximum atomic E-state index is 11.5. The first-order valence-corrected chi connectivity index (χ1v) is 5.57. The SMILES string of the molecule is COc1ccc(C(C)C)cc1N(C)C(=O)C(=O)O. The average Bonchev–Trinajstić information content (AvgIpc) is 2.35. The molecule has 0 bridgehead atoms. The van der Waals surface area contributed by atoms with Crippen LogP contribution < -0.4 is 9.64 Å². The fourth-order valence-electron chi connectivity index (χ4n) is 1.58. The zero-order valence-electron chi connectivity index (χ0n) is 10.9. The van der Waals surface area contributed by atoms with Gasteiger partial charge in [0.25, 0.3) is 0 Å². The number of carbonyl (C=O) groups is 2. The topological polar surface area (TPSA) is 66.8 Å². The predicted molar refractivity (Wildman–Crippen MR) is 68.1 cm³/mol. The summed E-state index contributed by atoms with van der Waals surface area (Å²) < 4.78 is 5.14. The zero-order valence-corrected chi connectivity index (χ0v) is 10.9. The number of benzene rings is 1. The van der Waals surface area contributed by atoms with Crippen LogP contribution in [-0.2, 0) is 9.59 Å². The Morgan fingerprint density at radius 2 is 1.94 bits per heavy atom. The molecule has 5 nitrogen and oxygen atoms in total. The number of hydrogen-bond donors (Lipinski definition) is 1. The van der Waals surface area contributed by atoms with E-state index in [1.807, 2.05) is 19.9 Å². The van der Waals surface area contributed by atoms with E-state index in [0.29, 0.717) is 11.4 Å². The second kappa shape index (κ2) is 5.53. The average molecular weight is 251 g/mol. The lowest BCUT2D eigenvalue weighted by Crippen LogP contribution is -2.33. The van der Waals surface area contributed by atoms with Crippen LogP contribution in [0.1, 0.15) is 25.3 Å². The second-order valence-corrected chi connectivity index (χ2v) is 4.26. The summed E-state index contributed by atoms with van der Waals surface area (Å²) in [4.78, 5) is 23.2. The van der Waals surface area contributed by atoms with Crippen LogP contribution in [0.5, 0.6) is 5.75 Å². The Morgan fingerprint density at radius 3 is 2.39 bits per heavy atom. The molecule has 5 heteroatoms. The van der Waals surface area contributed by atoms with Crippen LogP contribution in [0.4, 0.5) is 5.69 Å². The van der Waals surface area contributed by atoms with Crippen molar-refractivity contribution >= 4 is 17.6 Å². The molecule has 0 heterocycles. The molecule has 0 spiro atoms. The van der Waals surface area contributed by atoms with Crippen molar-refractivity contribution in [2.24, 2.45) is 0 Å². The van der Waals surface area contributed by atoms with Gasteiger partial charge in [-0.2, -0.15) is 0 Å². The number of amides is 1. The van der Waals surface area contributed by atoms with E-state index in [0.717, 1.165) is 10.5 Å². The minimum Gasteiger partial charge on any atom is -0.495 e. The summed E-state index contributed by atoms with van der Waals surface area (Å²) in [7, 11) is 2.89. The van der Waals surface area contributed by atoms with E-state index >= 15 is 0 Å². The van der Waals surface area contributed by atoms with Gasteiger partial charge >= 0.3 is 11.9 Å². The van der Waals surface area contributed by atoms with Crippen LogP contribution >= 0.6 is 0 Å². The van der Waals surface area contributed by atoms with Gasteiger partial charge in [0.05, 0.1) is 12.8 Å². The number of aliphatic carboxylic acids is 1. The number of nitrogens with zero attached hydrogens (tertiary/aromatic N) is 1. The number of carbonyl (C=O) groups excluding carboxylic acids is 1. The molecule has 0 aliphatic heterocycles. The Balaban J connectivity index is 3.23. The van der Waals surface area contributed by atoms with Crippen LogP contribution in [0.15, 0.2) is 18.2 Å². The molecule has 18 heavy (non-hydrogen) atoms. The van der Waals surface area contributed by atoms with Gasteiger partial charge < -0.3 is 14.7 Å². The van der Waals surface area contributed by atoms with E-state index in [2.05, 4.69) is 0 Å². The maximum Gasteiger partial charge on any atom is 0.394 e. The number of likely N-dealkylation sites (N-methyl/N-ethyl adjacent to an activating group) is 1. The molecule has 0 fully saturated rings. The number of carboxylic acids is 1. The summed E-state index contributed by atoms with van der Waals surface area (Å²) in [5, 5.41) is 8.72. The maximum absolute atomic E-state index is 11.5. The van der Waals surface area contributed by atoms with E-state index in [9.17, 15) is 9.59 Å². The van der Waals surface area contributed by atoms with Crippen molar-refractivity contribution in [3.05, 3.63) is 23.8 Å². The smallest absolute Gasteiger partial charge is 0.394 e. The molecule has 1 rings (SSSR count). The number of rotatable bonds is 3. The summed E-state index contributed by atoms with van der Waals surface area (Å²) >= 11 is 0. The van der Waals surface area contributed by atoms with E-state index in [1.165, 1.54) is 14.2 Å². The van der Waals surface area contributed by atoms with Crippen LogP contribution in [0.2, 0.25) is 0 Å².